The van der Waals surface area contributed by atoms with Gasteiger partial charge in [-0.05, 0) is 143 Å². The quantitative estimate of drug-likeness (QED) is 0.183. The van der Waals surface area contributed by atoms with Crippen molar-refractivity contribution in [1.29, 1.82) is 0 Å². The van der Waals surface area contributed by atoms with Gasteiger partial charge in [-0.15, -0.1) is 0 Å². The average molecular weight is 681 g/mol. The number of urea groups is 2. The zero-order valence-corrected chi connectivity index (χ0v) is 30.3. The molecule has 8 nitrogen and oxygen atoms in total. The SMILES string of the molecule is CCC(CNC(=O)NC1CCC(CCN2C3CCC2c2ccccc23)CC1)NC(=O)NC1CCC(CCN2C3CCC2c2ccccc23)CC1. The number of fused-ring (bicyclic) bond motifs is 10. The highest BCUT2D eigenvalue weighted by atomic mass is 16.2. The molecule has 8 rings (SSSR count). The van der Waals surface area contributed by atoms with Gasteiger partial charge >= 0.3 is 12.1 Å². The summed E-state index contributed by atoms with van der Waals surface area (Å²) in [4.78, 5) is 31.3. The Bertz CT molecular complexity index is 1420. The monoisotopic (exact) mass is 680 g/mol. The molecule has 0 aromatic heterocycles. The van der Waals surface area contributed by atoms with Crippen LogP contribution in [-0.4, -0.2) is 59.6 Å². The Balaban J connectivity index is 0.683. The van der Waals surface area contributed by atoms with E-state index in [1.54, 1.807) is 22.3 Å². The summed E-state index contributed by atoms with van der Waals surface area (Å²) in [7, 11) is 0. The van der Waals surface area contributed by atoms with Crippen LogP contribution in [0.2, 0.25) is 0 Å². The van der Waals surface area contributed by atoms with Crippen molar-refractivity contribution in [3.8, 4) is 0 Å². The van der Waals surface area contributed by atoms with Gasteiger partial charge in [-0.3, -0.25) is 9.80 Å². The van der Waals surface area contributed by atoms with Crippen molar-refractivity contribution >= 4 is 12.1 Å². The highest BCUT2D eigenvalue weighted by molar-refractivity contribution is 5.75. The van der Waals surface area contributed by atoms with Crippen molar-refractivity contribution in [3.05, 3.63) is 70.8 Å². The molecular weight excluding hydrogens is 621 g/mol. The molecule has 0 radical (unpaired) electrons. The molecule has 270 valence electrons. The molecular formula is C42H60N6O2. The largest absolute Gasteiger partial charge is 0.336 e. The molecule has 4 N–H and O–H groups in total. The van der Waals surface area contributed by atoms with Crippen molar-refractivity contribution in [2.45, 2.75) is 146 Å². The van der Waals surface area contributed by atoms with E-state index in [-0.39, 0.29) is 30.2 Å². The number of hydrogen-bond donors (Lipinski definition) is 4. The number of carbonyl (C=O) groups is 2. The average Bonchev–Trinajstić information content (AvgIpc) is 3.91. The highest BCUT2D eigenvalue weighted by Crippen LogP contribution is 2.54. The molecule has 6 aliphatic rings. The van der Waals surface area contributed by atoms with E-state index < -0.39 is 0 Å². The Labute approximate surface area is 299 Å². The van der Waals surface area contributed by atoms with Crippen molar-refractivity contribution in [2.24, 2.45) is 11.8 Å². The second kappa shape index (κ2) is 15.2. The normalized spacial score (nSPS) is 31.9. The van der Waals surface area contributed by atoms with E-state index in [0.717, 1.165) is 43.9 Å². The third-order valence-corrected chi connectivity index (χ3v) is 13.7. The Hall–Kier alpha value is -3.10. The first-order chi connectivity index (χ1) is 24.5. The Morgan fingerprint density at radius 3 is 1.40 bits per heavy atom. The fourth-order valence-electron chi connectivity index (χ4n) is 10.9. The zero-order valence-electron chi connectivity index (χ0n) is 30.3. The molecule has 2 aromatic rings. The second-order valence-corrected chi connectivity index (χ2v) is 16.5. The van der Waals surface area contributed by atoms with Crippen LogP contribution in [0.25, 0.3) is 0 Å². The summed E-state index contributed by atoms with van der Waals surface area (Å²) in [5, 5.41) is 12.6. The summed E-state index contributed by atoms with van der Waals surface area (Å²) in [5.74, 6) is 1.51. The van der Waals surface area contributed by atoms with E-state index in [0.29, 0.717) is 30.7 Å². The third-order valence-electron chi connectivity index (χ3n) is 13.7. The first-order valence-corrected chi connectivity index (χ1v) is 20.3. The summed E-state index contributed by atoms with van der Waals surface area (Å²) in [6, 6.07) is 20.9. The van der Waals surface area contributed by atoms with Crippen LogP contribution < -0.4 is 21.3 Å². The number of benzene rings is 2. The van der Waals surface area contributed by atoms with Gasteiger partial charge in [0.05, 0.1) is 0 Å². The fraction of sp³-hybridized carbons (Fsp3) is 0.667. The Morgan fingerprint density at radius 1 is 0.600 bits per heavy atom. The molecule has 4 bridgehead atoms. The van der Waals surface area contributed by atoms with E-state index in [9.17, 15) is 9.59 Å². The molecule has 5 atom stereocenters. The van der Waals surface area contributed by atoms with Gasteiger partial charge in [0.15, 0.2) is 0 Å². The molecule has 4 aliphatic heterocycles. The van der Waals surface area contributed by atoms with Gasteiger partial charge in [0.1, 0.15) is 0 Å². The van der Waals surface area contributed by atoms with Crippen molar-refractivity contribution in [3.63, 3.8) is 0 Å². The first-order valence-electron chi connectivity index (χ1n) is 20.3. The minimum Gasteiger partial charge on any atom is -0.336 e. The number of hydrogen-bond acceptors (Lipinski definition) is 4. The minimum absolute atomic E-state index is 0.0835. The lowest BCUT2D eigenvalue weighted by Crippen LogP contribution is -2.52. The highest BCUT2D eigenvalue weighted by Gasteiger charge is 2.44. The van der Waals surface area contributed by atoms with Crippen molar-refractivity contribution in [1.82, 2.24) is 31.1 Å². The predicted octanol–water partition coefficient (Wildman–Crippen LogP) is 8.04. The first kappa shape index (κ1) is 34.0. The molecule has 0 spiro atoms. The molecule has 4 amide bonds. The number of nitrogens with zero attached hydrogens (tertiary/aromatic N) is 2. The van der Waals surface area contributed by atoms with Crippen LogP contribution in [0.4, 0.5) is 9.59 Å². The fourth-order valence-corrected chi connectivity index (χ4v) is 10.9. The predicted molar refractivity (Wildman–Crippen MR) is 199 cm³/mol. The van der Waals surface area contributed by atoms with Gasteiger partial charge in [-0.2, -0.15) is 0 Å². The molecule has 2 aromatic carbocycles. The third kappa shape index (κ3) is 7.16. The van der Waals surface area contributed by atoms with Crippen LogP contribution in [-0.2, 0) is 0 Å². The van der Waals surface area contributed by atoms with Crippen molar-refractivity contribution < 1.29 is 9.59 Å². The second-order valence-electron chi connectivity index (χ2n) is 16.5. The molecule has 2 saturated carbocycles. The Kier molecular flexibility index (Phi) is 10.4. The van der Waals surface area contributed by atoms with E-state index in [4.69, 9.17) is 0 Å². The minimum atomic E-state index is -0.107. The van der Waals surface area contributed by atoms with Gasteiger partial charge in [0, 0.05) is 48.8 Å². The summed E-state index contributed by atoms with van der Waals surface area (Å²) in [6.07, 6.45) is 17.5. The lowest BCUT2D eigenvalue weighted by Gasteiger charge is -2.32. The smallest absolute Gasteiger partial charge is 0.315 e. The number of rotatable bonds is 12. The molecule has 4 fully saturated rings. The van der Waals surface area contributed by atoms with E-state index >= 15 is 0 Å². The molecule has 2 aliphatic carbocycles. The summed E-state index contributed by atoms with van der Waals surface area (Å²) < 4.78 is 0. The number of amides is 4. The van der Waals surface area contributed by atoms with Crippen molar-refractivity contribution in [2.75, 3.05) is 19.6 Å². The van der Waals surface area contributed by atoms with E-state index in [2.05, 4.69) is 86.5 Å². The summed E-state index contributed by atoms with van der Waals surface area (Å²) in [6.45, 7) is 4.90. The topological polar surface area (TPSA) is 88.7 Å². The lowest BCUT2D eigenvalue weighted by atomic mass is 9.84. The number of nitrogens with one attached hydrogen (secondary N) is 4. The van der Waals surface area contributed by atoms with Crippen LogP contribution in [0.1, 0.15) is 150 Å². The van der Waals surface area contributed by atoms with Gasteiger partial charge in [0.25, 0.3) is 0 Å². The van der Waals surface area contributed by atoms with Crippen LogP contribution in [0.3, 0.4) is 0 Å². The molecule has 2 saturated heterocycles. The zero-order chi connectivity index (χ0) is 34.0. The standard InChI is InChI=1S/C42H60N6O2/c1-2-30(44-42(50)46-32-17-13-29(14-18-32)24-26-48-39-21-22-40(48)36-10-6-5-9-35(36)39)27-43-41(49)45-31-15-11-28(12-16-31)23-25-47-37-19-20-38(47)34-8-4-3-7-33(34)37/h3-10,28-32,37-40H,2,11-27H2,1H3,(H2,43,45,49)(H2,44,46,50). The molecule has 50 heavy (non-hydrogen) atoms. The van der Waals surface area contributed by atoms with Gasteiger partial charge in [0.2, 0.25) is 0 Å². The van der Waals surface area contributed by atoms with Crippen LogP contribution in [0.15, 0.2) is 48.5 Å². The maximum Gasteiger partial charge on any atom is 0.315 e. The maximum absolute atomic E-state index is 12.9. The van der Waals surface area contributed by atoms with E-state index in [1.165, 1.54) is 77.3 Å². The van der Waals surface area contributed by atoms with Crippen LogP contribution >= 0.6 is 0 Å². The summed E-state index contributed by atoms with van der Waals surface area (Å²) >= 11 is 0. The molecule has 4 heterocycles. The van der Waals surface area contributed by atoms with Gasteiger partial charge in [-0.25, -0.2) is 9.59 Å². The van der Waals surface area contributed by atoms with Crippen LogP contribution in [0, 0.1) is 11.8 Å². The van der Waals surface area contributed by atoms with Gasteiger partial charge < -0.3 is 21.3 Å². The molecule has 5 unspecified atom stereocenters. The maximum atomic E-state index is 12.9. The van der Waals surface area contributed by atoms with Gasteiger partial charge in [-0.1, -0.05) is 55.5 Å². The van der Waals surface area contributed by atoms with Crippen LogP contribution in [0.5, 0.6) is 0 Å². The Morgan fingerprint density at radius 2 is 1.00 bits per heavy atom. The number of carbonyl (C=O) groups excluding carboxylic acids is 2. The van der Waals surface area contributed by atoms with E-state index in [1.807, 2.05) is 0 Å². The lowest BCUT2D eigenvalue weighted by molar-refractivity contribution is 0.184. The summed E-state index contributed by atoms with van der Waals surface area (Å²) in [5.41, 5.74) is 6.29. The molecule has 8 heteroatoms.